The van der Waals surface area contributed by atoms with Crippen LogP contribution in [-0.4, -0.2) is 38.6 Å². The predicted octanol–water partition coefficient (Wildman–Crippen LogP) is 0.139. The van der Waals surface area contributed by atoms with Gasteiger partial charge >= 0.3 is 11.4 Å². The molecule has 0 bridgehead atoms. The second kappa shape index (κ2) is 8.76. The summed E-state index contributed by atoms with van der Waals surface area (Å²) >= 11 is 0. The number of nitrogens with one attached hydrogen (secondary N) is 3. The summed E-state index contributed by atoms with van der Waals surface area (Å²) in [6.07, 6.45) is 5.00. The quantitative estimate of drug-likeness (QED) is 0.420. The lowest BCUT2D eigenvalue weighted by molar-refractivity contribution is 0.613. The fraction of sp³-hybridized carbons (Fsp3) is 0.444. The Morgan fingerprint density at radius 2 is 1.47 bits per heavy atom. The third kappa shape index (κ3) is 3.88. The van der Waals surface area contributed by atoms with Gasteiger partial charge in [-0.05, 0) is 20.3 Å². The van der Waals surface area contributed by atoms with Gasteiger partial charge in [0, 0.05) is 19.6 Å². The van der Waals surface area contributed by atoms with Gasteiger partial charge in [0.1, 0.15) is 0 Å². The molecule has 0 aliphatic rings. The van der Waals surface area contributed by atoms with Crippen LogP contribution in [-0.2, 0) is 19.6 Å². The smallest absolute Gasteiger partial charge is 0.325 e. The number of hydrogen-bond donors (Lipinski definition) is 3. The molecule has 30 heavy (non-hydrogen) atoms. The normalized spacial score (nSPS) is 11.0. The lowest BCUT2D eigenvalue weighted by atomic mass is 10.3. The first-order chi connectivity index (χ1) is 14.4. The number of fused-ring (bicyclic) bond motifs is 2. The highest BCUT2D eigenvalue weighted by Crippen LogP contribution is 2.06. The van der Waals surface area contributed by atoms with E-state index < -0.39 is 11.2 Å². The van der Waals surface area contributed by atoms with Gasteiger partial charge in [0.15, 0.2) is 22.3 Å². The summed E-state index contributed by atoms with van der Waals surface area (Å²) in [5.41, 5.74) is 0.0151. The Hall–Kier alpha value is -3.70. The molecule has 0 saturated carbocycles. The fourth-order valence-corrected chi connectivity index (χ4v) is 3.14. The van der Waals surface area contributed by atoms with E-state index in [1.807, 2.05) is 13.8 Å². The molecule has 0 unspecified atom stereocenters. The minimum absolute atomic E-state index is 0.329. The van der Waals surface area contributed by atoms with Gasteiger partial charge in [-0.25, -0.2) is 19.6 Å². The van der Waals surface area contributed by atoms with E-state index in [2.05, 4.69) is 31.8 Å². The summed E-state index contributed by atoms with van der Waals surface area (Å²) < 4.78 is 4.95. The number of rotatable bonds is 5. The molecule has 0 aliphatic heterocycles. The van der Waals surface area contributed by atoms with Crippen LogP contribution in [0.25, 0.3) is 22.3 Å². The highest BCUT2D eigenvalue weighted by atomic mass is 16.2. The van der Waals surface area contributed by atoms with E-state index in [0.29, 0.717) is 42.0 Å². The minimum Gasteiger partial charge on any atom is -0.325 e. The van der Waals surface area contributed by atoms with Crippen molar-refractivity contribution >= 4 is 22.3 Å². The van der Waals surface area contributed by atoms with E-state index in [0.717, 1.165) is 12.8 Å². The first-order valence-electron chi connectivity index (χ1n) is 9.76. The SMILES string of the molecule is CCCCn1c(=O)[nH]c(=O)c2c1ncn2CC.CCn1cnc2[nH]c(=O)[nH]c(=O)c21. The number of aryl methyl sites for hydroxylation is 3. The number of unbranched alkanes of at least 4 members (excludes halogenated alkanes) is 1. The van der Waals surface area contributed by atoms with Gasteiger partial charge in [0.2, 0.25) is 0 Å². The van der Waals surface area contributed by atoms with E-state index in [1.165, 1.54) is 10.9 Å². The maximum absolute atomic E-state index is 11.7. The monoisotopic (exact) mass is 416 g/mol. The molecule has 0 radical (unpaired) electrons. The van der Waals surface area contributed by atoms with Gasteiger partial charge in [-0.15, -0.1) is 0 Å². The van der Waals surface area contributed by atoms with Crippen molar-refractivity contribution in [1.82, 2.24) is 38.6 Å². The molecule has 4 aromatic rings. The van der Waals surface area contributed by atoms with Crippen molar-refractivity contribution in [3.63, 3.8) is 0 Å². The maximum Gasteiger partial charge on any atom is 0.330 e. The van der Waals surface area contributed by atoms with Crippen LogP contribution in [0.5, 0.6) is 0 Å². The van der Waals surface area contributed by atoms with E-state index in [4.69, 9.17) is 0 Å². The predicted molar refractivity (Wildman–Crippen MR) is 112 cm³/mol. The molecule has 12 heteroatoms. The van der Waals surface area contributed by atoms with Crippen LogP contribution in [0.15, 0.2) is 31.8 Å². The largest absolute Gasteiger partial charge is 0.330 e. The summed E-state index contributed by atoms with van der Waals surface area (Å²) in [5, 5.41) is 0. The molecule has 0 atom stereocenters. The Balaban J connectivity index is 0.000000177. The highest BCUT2D eigenvalue weighted by molar-refractivity contribution is 5.70. The molecule has 0 spiro atoms. The molecular weight excluding hydrogens is 392 g/mol. The van der Waals surface area contributed by atoms with E-state index in [-0.39, 0.29) is 11.2 Å². The van der Waals surface area contributed by atoms with Gasteiger partial charge in [-0.2, -0.15) is 0 Å². The lowest BCUT2D eigenvalue weighted by Crippen LogP contribution is -2.31. The summed E-state index contributed by atoms with van der Waals surface area (Å²) in [4.78, 5) is 60.6. The van der Waals surface area contributed by atoms with E-state index >= 15 is 0 Å². The summed E-state index contributed by atoms with van der Waals surface area (Å²) in [7, 11) is 0. The van der Waals surface area contributed by atoms with Crippen LogP contribution in [0.3, 0.4) is 0 Å². The van der Waals surface area contributed by atoms with Crippen LogP contribution in [0.1, 0.15) is 33.6 Å². The van der Waals surface area contributed by atoms with Crippen LogP contribution in [0, 0.1) is 0 Å². The Morgan fingerprint density at radius 3 is 2.13 bits per heavy atom. The number of aromatic nitrogens is 8. The van der Waals surface area contributed by atoms with Crippen LogP contribution in [0.4, 0.5) is 0 Å². The van der Waals surface area contributed by atoms with Gasteiger partial charge in [-0.1, -0.05) is 13.3 Å². The first-order valence-corrected chi connectivity index (χ1v) is 9.76. The molecule has 0 amide bonds. The highest BCUT2D eigenvalue weighted by Gasteiger charge is 2.12. The van der Waals surface area contributed by atoms with Gasteiger partial charge in [-0.3, -0.25) is 29.1 Å². The average Bonchev–Trinajstić information content (AvgIpc) is 3.32. The van der Waals surface area contributed by atoms with Gasteiger partial charge < -0.3 is 9.13 Å². The second-order valence-electron chi connectivity index (χ2n) is 6.60. The summed E-state index contributed by atoms with van der Waals surface area (Å²) in [6, 6.07) is 0. The molecule has 4 aromatic heterocycles. The fourth-order valence-electron chi connectivity index (χ4n) is 3.14. The van der Waals surface area contributed by atoms with Gasteiger partial charge in [0.25, 0.3) is 11.1 Å². The van der Waals surface area contributed by atoms with Crippen molar-refractivity contribution in [3.05, 3.63) is 54.3 Å². The van der Waals surface area contributed by atoms with Crippen LogP contribution < -0.4 is 22.5 Å². The van der Waals surface area contributed by atoms with Crippen LogP contribution in [0.2, 0.25) is 0 Å². The molecule has 0 fully saturated rings. The second-order valence-corrected chi connectivity index (χ2v) is 6.60. The van der Waals surface area contributed by atoms with Crippen molar-refractivity contribution in [3.8, 4) is 0 Å². The van der Waals surface area contributed by atoms with Crippen molar-refractivity contribution < 1.29 is 0 Å². The molecule has 4 heterocycles. The Morgan fingerprint density at radius 1 is 0.833 bits per heavy atom. The van der Waals surface area contributed by atoms with E-state index in [1.54, 1.807) is 15.5 Å². The molecular formula is C18H24N8O4. The van der Waals surface area contributed by atoms with Crippen molar-refractivity contribution in [2.75, 3.05) is 0 Å². The molecule has 0 aliphatic carbocycles. The maximum atomic E-state index is 11.7. The summed E-state index contributed by atoms with van der Waals surface area (Å²) in [6.45, 7) is 7.77. The first kappa shape index (κ1) is 21.0. The zero-order chi connectivity index (χ0) is 21.8. The lowest BCUT2D eigenvalue weighted by Gasteiger charge is -2.05. The minimum atomic E-state index is -0.529. The van der Waals surface area contributed by atoms with Crippen molar-refractivity contribution in [2.24, 2.45) is 0 Å². The average molecular weight is 416 g/mol. The van der Waals surface area contributed by atoms with Crippen LogP contribution >= 0.6 is 0 Å². The van der Waals surface area contributed by atoms with Crippen molar-refractivity contribution in [2.45, 2.75) is 53.2 Å². The molecule has 4 rings (SSSR count). The van der Waals surface area contributed by atoms with E-state index in [9.17, 15) is 19.2 Å². The Kier molecular flexibility index (Phi) is 6.14. The van der Waals surface area contributed by atoms with Crippen molar-refractivity contribution in [1.29, 1.82) is 0 Å². The number of H-pyrrole nitrogens is 3. The number of nitrogens with zero attached hydrogens (tertiary/aromatic N) is 5. The zero-order valence-electron chi connectivity index (χ0n) is 17.1. The number of hydrogen-bond acceptors (Lipinski definition) is 6. The molecule has 12 nitrogen and oxygen atoms in total. The Labute approximate surface area is 169 Å². The summed E-state index contributed by atoms with van der Waals surface area (Å²) in [5.74, 6) is 0. The zero-order valence-corrected chi connectivity index (χ0v) is 17.1. The standard InChI is InChI=1S/C11H16N4O2.C7H8N4O2/c1-3-5-6-15-9-8(10(16)13-11(15)17)14(4-2)7-12-9;1-2-11-3-8-5-4(11)6(12)10-7(13)9-5/h7H,3-6H2,1-2H3,(H,13,16,17);3H,2H2,1H3,(H2,9,10,12,13). The molecule has 160 valence electrons. The molecule has 0 saturated heterocycles. The number of imidazole rings is 2. The third-order valence-electron chi connectivity index (χ3n) is 4.68. The molecule has 3 N–H and O–H groups in total. The topological polar surface area (TPSA) is 156 Å². The molecule has 0 aromatic carbocycles. The van der Waals surface area contributed by atoms with Gasteiger partial charge in [0.05, 0.1) is 12.7 Å². The number of aromatic amines is 3. The third-order valence-corrected chi connectivity index (χ3v) is 4.68. The Bertz CT molecular complexity index is 1400.